The maximum atomic E-state index is 13.4. The third-order valence-electron chi connectivity index (χ3n) is 6.20. The molecule has 2 aliphatic heterocycles. The van der Waals surface area contributed by atoms with Gasteiger partial charge in [0.1, 0.15) is 24.6 Å². The van der Waals surface area contributed by atoms with Crippen molar-refractivity contribution in [2.24, 2.45) is 0 Å². The van der Waals surface area contributed by atoms with Crippen molar-refractivity contribution in [1.29, 1.82) is 0 Å². The number of rotatable bonds is 9. The molecule has 0 bridgehead atoms. The standard InChI is InChI=1S/C24H30N5O8P/c1-5-33-38(32,34-6-2)23(31)18-16-17(37-24(3,4)36-16)22(35-18)29-13-27-15-19(25-12-26-20(15)29)28-21(30)14-10-8-7-9-11-14/h7-13,16-18,22-23,31H,5-6H2,1-4H3,(H,25,26,28,30)/t16-,17+,18-,22+,23+/m0/s1. The fourth-order valence-electron chi connectivity index (χ4n) is 4.70. The first-order valence-electron chi connectivity index (χ1n) is 12.3. The van der Waals surface area contributed by atoms with Crippen molar-refractivity contribution in [1.82, 2.24) is 19.5 Å². The van der Waals surface area contributed by atoms with Crippen molar-refractivity contribution >= 4 is 30.5 Å². The number of fused-ring (bicyclic) bond motifs is 2. The van der Waals surface area contributed by atoms with Gasteiger partial charge in [0.25, 0.3) is 5.91 Å². The molecule has 0 spiro atoms. The largest absolute Gasteiger partial charge is 0.378 e. The third-order valence-corrected chi connectivity index (χ3v) is 8.38. The Morgan fingerprint density at radius 1 is 1.13 bits per heavy atom. The topological polar surface area (TPSA) is 156 Å². The predicted octanol–water partition coefficient (Wildman–Crippen LogP) is 3.08. The second kappa shape index (κ2) is 10.4. The number of carbonyl (C=O) groups is 1. The van der Waals surface area contributed by atoms with Crippen molar-refractivity contribution in [2.45, 2.75) is 63.9 Å². The van der Waals surface area contributed by atoms with Crippen LogP contribution >= 0.6 is 7.60 Å². The molecular formula is C24H30N5O8P. The minimum absolute atomic E-state index is 0.0714. The Hall–Kier alpha value is -2.77. The minimum atomic E-state index is -3.96. The lowest BCUT2D eigenvalue weighted by molar-refractivity contribution is -0.203. The lowest BCUT2D eigenvalue weighted by Gasteiger charge is -2.30. The summed E-state index contributed by atoms with van der Waals surface area (Å²) in [6.45, 7) is 6.93. The number of anilines is 1. The summed E-state index contributed by atoms with van der Waals surface area (Å²) < 4.78 is 44.1. The molecule has 0 radical (unpaired) electrons. The Labute approximate surface area is 219 Å². The van der Waals surface area contributed by atoms with Crippen LogP contribution < -0.4 is 5.32 Å². The van der Waals surface area contributed by atoms with Crippen LogP contribution in [0.4, 0.5) is 5.82 Å². The van der Waals surface area contributed by atoms with Crippen LogP contribution in [0.2, 0.25) is 0 Å². The molecule has 2 saturated heterocycles. The molecule has 204 valence electrons. The number of hydrogen-bond donors (Lipinski definition) is 2. The van der Waals surface area contributed by atoms with E-state index >= 15 is 0 Å². The highest BCUT2D eigenvalue weighted by molar-refractivity contribution is 7.54. The van der Waals surface area contributed by atoms with E-state index < -0.39 is 43.8 Å². The molecule has 2 aliphatic rings. The van der Waals surface area contributed by atoms with Crippen LogP contribution in [0.3, 0.4) is 0 Å². The summed E-state index contributed by atoms with van der Waals surface area (Å²) in [5, 5.41) is 13.9. The molecule has 1 aromatic carbocycles. The number of amides is 1. The van der Waals surface area contributed by atoms with Crippen molar-refractivity contribution in [2.75, 3.05) is 18.5 Å². The molecule has 14 heteroatoms. The van der Waals surface area contributed by atoms with E-state index in [0.29, 0.717) is 16.7 Å². The average Bonchev–Trinajstić information content (AvgIpc) is 3.55. The highest BCUT2D eigenvalue weighted by atomic mass is 31.2. The molecule has 1 amide bonds. The minimum Gasteiger partial charge on any atom is -0.378 e. The first-order valence-corrected chi connectivity index (χ1v) is 13.9. The Balaban J connectivity index is 1.47. The van der Waals surface area contributed by atoms with Gasteiger partial charge in [-0.15, -0.1) is 0 Å². The quantitative estimate of drug-likeness (QED) is 0.380. The van der Waals surface area contributed by atoms with Gasteiger partial charge in [0.05, 0.1) is 19.5 Å². The molecule has 5 atom stereocenters. The fraction of sp³-hybridized carbons (Fsp3) is 0.500. The van der Waals surface area contributed by atoms with Gasteiger partial charge in [0.15, 0.2) is 34.8 Å². The summed E-state index contributed by atoms with van der Waals surface area (Å²) >= 11 is 0. The van der Waals surface area contributed by atoms with Gasteiger partial charge in [-0.3, -0.25) is 13.9 Å². The molecular weight excluding hydrogens is 517 g/mol. The smallest absolute Gasteiger partial charge is 0.361 e. The zero-order chi connectivity index (χ0) is 27.1. The Bertz CT molecular complexity index is 1340. The molecule has 13 nitrogen and oxygen atoms in total. The predicted molar refractivity (Wildman–Crippen MR) is 134 cm³/mol. The number of imidazole rings is 1. The van der Waals surface area contributed by atoms with E-state index in [2.05, 4.69) is 20.3 Å². The van der Waals surface area contributed by atoms with Crippen molar-refractivity contribution in [3.8, 4) is 0 Å². The molecule has 2 N–H and O–H groups in total. The molecule has 0 aliphatic carbocycles. The first-order chi connectivity index (χ1) is 18.2. The number of nitrogens with one attached hydrogen (secondary N) is 1. The number of nitrogens with zero attached hydrogens (tertiary/aromatic N) is 4. The summed E-state index contributed by atoms with van der Waals surface area (Å²) in [7, 11) is -3.96. The van der Waals surface area contributed by atoms with Gasteiger partial charge >= 0.3 is 7.60 Å². The zero-order valence-electron chi connectivity index (χ0n) is 21.4. The van der Waals surface area contributed by atoms with E-state index in [1.54, 1.807) is 56.5 Å². The third kappa shape index (κ3) is 4.87. The maximum Gasteiger partial charge on any atom is 0.361 e. The maximum absolute atomic E-state index is 13.4. The molecule has 4 heterocycles. The van der Waals surface area contributed by atoms with E-state index in [0.717, 1.165) is 0 Å². The van der Waals surface area contributed by atoms with Gasteiger partial charge in [-0.1, -0.05) is 18.2 Å². The van der Waals surface area contributed by atoms with E-state index in [-0.39, 0.29) is 24.9 Å². The van der Waals surface area contributed by atoms with E-state index in [1.165, 1.54) is 12.7 Å². The first kappa shape index (κ1) is 26.8. The highest BCUT2D eigenvalue weighted by Gasteiger charge is 2.61. The Morgan fingerprint density at radius 3 is 2.50 bits per heavy atom. The number of aliphatic hydroxyl groups is 1. The van der Waals surface area contributed by atoms with E-state index in [9.17, 15) is 14.5 Å². The van der Waals surface area contributed by atoms with Crippen LogP contribution in [0.5, 0.6) is 0 Å². The van der Waals surface area contributed by atoms with E-state index in [1.807, 2.05) is 6.07 Å². The molecule has 0 saturated carbocycles. The van der Waals surface area contributed by atoms with Crippen LogP contribution in [0.1, 0.15) is 44.3 Å². The highest BCUT2D eigenvalue weighted by Crippen LogP contribution is 2.57. The van der Waals surface area contributed by atoms with Crippen molar-refractivity contribution < 1.29 is 37.7 Å². The van der Waals surface area contributed by atoms with Crippen LogP contribution in [-0.4, -0.2) is 73.7 Å². The number of ether oxygens (including phenoxy) is 3. The van der Waals surface area contributed by atoms with E-state index in [4.69, 9.17) is 23.3 Å². The monoisotopic (exact) mass is 547 g/mol. The van der Waals surface area contributed by atoms with Gasteiger partial charge in [-0.25, -0.2) is 15.0 Å². The summed E-state index contributed by atoms with van der Waals surface area (Å²) in [6.07, 6.45) is -0.698. The van der Waals surface area contributed by atoms with Gasteiger partial charge < -0.3 is 33.7 Å². The number of hydrogen-bond acceptors (Lipinski definition) is 11. The molecule has 0 unspecified atom stereocenters. The summed E-state index contributed by atoms with van der Waals surface area (Å²) in [5.41, 5.74) is 1.14. The van der Waals surface area contributed by atoms with Crippen LogP contribution in [0.15, 0.2) is 43.0 Å². The number of benzene rings is 1. The average molecular weight is 548 g/mol. The molecule has 2 fully saturated rings. The Morgan fingerprint density at radius 2 is 1.82 bits per heavy atom. The molecule has 2 aromatic heterocycles. The number of carbonyl (C=O) groups excluding carboxylic acids is 1. The Kier molecular flexibility index (Phi) is 7.35. The van der Waals surface area contributed by atoms with Gasteiger partial charge in [0.2, 0.25) is 0 Å². The number of aromatic nitrogens is 4. The lowest BCUT2D eigenvalue weighted by atomic mass is 10.1. The summed E-state index contributed by atoms with van der Waals surface area (Å²) in [6, 6.07) is 8.72. The zero-order valence-corrected chi connectivity index (χ0v) is 22.3. The lowest BCUT2D eigenvalue weighted by Crippen LogP contribution is -2.39. The number of aliphatic hydroxyl groups excluding tert-OH is 1. The summed E-state index contributed by atoms with van der Waals surface area (Å²) in [5.74, 6) is -2.77. The molecule has 5 rings (SSSR count). The van der Waals surface area contributed by atoms with Crippen LogP contribution in [0.25, 0.3) is 11.2 Å². The molecule has 3 aromatic rings. The second-order valence-corrected chi connectivity index (χ2v) is 11.3. The van der Waals surface area contributed by atoms with Gasteiger partial charge in [-0.2, -0.15) is 0 Å². The van der Waals surface area contributed by atoms with Crippen LogP contribution in [-0.2, 0) is 27.8 Å². The fourth-order valence-corrected chi connectivity index (χ4v) is 6.40. The van der Waals surface area contributed by atoms with Gasteiger partial charge in [-0.05, 0) is 39.8 Å². The molecule has 38 heavy (non-hydrogen) atoms. The van der Waals surface area contributed by atoms with Gasteiger partial charge in [0, 0.05) is 5.56 Å². The van der Waals surface area contributed by atoms with Crippen molar-refractivity contribution in [3.05, 3.63) is 48.5 Å². The normalized spacial score (nSPS) is 25.4. The van der Waals surface area contributed by atoms with Crippen molar-refractivity contribution in [3.63, 3.8) is 0 Å². The second-order valence-electron chi connectivity index (χ2n) is 9.21. The summed E-state index contributed by atoms with van der Waals surface area (Å²) in [4.78, 5) is 25.7. The SMILES string of the molecule is CCOP(=O)(OCC)[C@@H](O)[C@H]1O[C@@H](n2cnc3c(NC(=O)c4ccccc4)ncnc32)[C@@H]2OC(C)(C)O[C@@H]21. The van der Waals surface area contributed by atoms with Crippen LogP contribution in [0, 0.1) is 0 Å².